The molecule has 5 nitrogen and oxygen atoms in total. The Morgan fingerprint density at radius 3 is 2.77 bits per heavy atom. The molecule has 1 saturated heterocycles. The van der Waals surface area contributed by atoms with Gasteiger partial charge in [-0.05, 0) is 18.2 Å². The predicted molar refractivity (Wildman–Crippen MR) is 102 cm³/mol. The molecule has 0 unspecified atom stereocenters. The number of hydrogen-bond acceptors (Lipinski definition) is 4. The van der Waals surface area contributed by atoms with Gasteiger partial charge in [-0.1, -0.05) is 23.7 Å². The molecule has 1 amide bonds. The van der Waals surface area contributed by atoms with Crippen LogP contribution < -0.4 is 4.90 Å². The van der Waals surface area contributed by atoms with Crippen molar-refractivity contribution in [1.82, 2.24) is 14.3 Å². The second kappa shape index (κ2) is 7.09. The van der Waals surface area contributed by atoms with Gasteiger partial charge in [0.05, 0.1) is 11.4 Å². The Balaban J connectivity index is 1.42. The van der Waals surface area contributed by atoms with Crippen molar-refractivity contribution in [3.63, 3.8) is 0 Å². The molecule has 0 atom stereocenters. The summed E-state index contributed by atoms with van der Waals surface area (Å²) in [6.07, 6.45) is 5.09. The Labute approximate surface area is 158 Å². The van der Waals surface area contributed by atoms with Crippen molar-refractivity contribution < 1.29 is 9.18 Å². The molecular weight excluding hydrogens is 375 g/mol. The molecule has 134 valence electrons. The van der Waals surface area contributed by atoms with Crippen molar-refractivity contribution in [2.45, 2.75) is 0 Å². The minimum absolute atomic E-state index is 0.0839. The van der Waals surface area contributed by atoms with Gasteiger partial charge in [-0.25, -0.2) is 9.37 Å². The summed E-state index contributed by atoms with van der Waals surface area (Å²) in [4.78, 5) is 21.2. The highest BCUT2D eigenvalue weighted by molar-refractivity contribution is 7.15. The summed E-state index contributed by atoms with van der Waals surface area (Å²) in [6, 6.07) is 6.71. The molecule has 26 heavy (non-hydrogen) atoms. The van der Waals surface area contributed by atoms with Gasteiger partial charge < -0.3 is 9.80 Å². The zero-order chi connectivity index (χ0) is 18.1. The highest BCUT2D eigenvalue weighted by Gasteiger charge is 2.21. The molecule has 8 heteroatoms. The van der Waals surface area contributed by atoms with Gasteiger partial charge in [0.1, 0.15) is 5.82 Å². The van der Waals surface area contributed by atoms with Gasteiger partial charge in [0.2, 0.25) is 5.91 Å². The van der Waals surface area contributed by atoms with Crippen molar-refractivity contribution in [1.29, 1.82) is 0 Å². The van der Waals surface area contributed by atoms with E-state index >= 15 is 0 Å². The van der Waals surface area contributed by atoms with E-state index in [2.05, 4.69) is 4.98 Å². The third-order valence-corrected chi connectivity index (χ3v) is 5.46. The number of anilines is 1. The maximum absolute atomic E-state index is 13.9. The quantitative estimate of drug-likeness (QED) is 0.642. The van der Waals surface area contributed by atoms with Gasteiger partial charge in [0, 0.05) is 43.8 Å². The molecule has 1 fully saturated rings. The van der Waals surface area contributed by atoms with E-state index in [4.69, 9.17) is 11.6 Å². The fraction of sp³-hybridized carbons (Fsp3) is 0.222. The standard InChI is InChI=1S/C18H16ClFN4OS/c19-17-15(24-11-12-26-18(24)21-17)5-6-16(25)23-9-7-22(8-10-23)14-4-2-1-3-13(14)20/h1-6,11-12H,7-10H2/b6-5+. The lowest BCUT2D eigenvalue weighted by atomic mass is 10.2. The van der Waals surface area contributed by atoms with E-state index in [-0.39, 0.29) is 11.7 Å². The van der Waals surface area contributed by atoms with Crippen molar-refractivity contribution in [2.75, 3.05) is 31.1 Å². The lowest BCUT2D eigenvalue weighted by Gasteiger charge is -2.35. The summed E-state index contributed by atoms with van der Waals surface area (Å²) in [6.45, 7) is 2.29. The third-order valence-electron chi connectivity index (χ3n) is 4.42. The number of imidazole rings is 1. The van der Waals surface area contributed by atoms with Gasteiger partial charge in [-0.15, -0.1) is 11.3 Å². The van der Waals surface area contributed by atoms with Gasteiger partial charge in [0.15, 0.2) is 10.1 Å². The first kappa shape index (κ1) is 17.1. The maximum Gasteiger partial charge on any atom is 0.246 e. The summed E-state index contributed by atoms with van der Waals surface area (Å²) in [5, 5.41) is 2.30. The first-order chi connectivity index (χ1) is 12.6. The number of piperazine rings is 1. The van der Waals surface area contributed by atoms with Crippen LogP contribution >= 0.6 is 22.9 Å². The Morgan fingerprint density at radius 2 is 2.00 bits per heavy atom. The molecule has 4 rings (SSSR count). The van der Waals surface area contributed by atoms with Crippen molar-refractivity contribution in [2.24, 2.45) is 0 Å². The number of carbonyl (C=O) groups is 1. The summed E-state index contributed by atoms with van der Waals surface area (Å²) >= 11 is 7.62. The van der Waals surface area contributed by atoms with E-state index in [9.17, 15) is 9.18 Å². The van der Waals surface area contributed by atoms with E-state index in [1.54, 1.807) is 23.1 Å². The van der Waals surface area contributed by atoms with Crippen LogP contribution in [0.5, 0.6) is 0 Å². The van der Waals surface area contributed by atoms with Crippen LogP contribution in [0.25, 0.3) is 11.0 Å². The molecule has 0 saturated carbocycles. The second-order valence-electron chi connectivity index (χ2n) is 5.94. The number of carbonyl (C=O) groups excluding carboxylic acids is 1. The van der Waals surface area contributed by atoms with Crippen LogP contribution in [0.4, 0.5) is 10.1 Å². The largest absolute Gasteiger partial charge is 0.366 e. The second-order valence-corrected chi connectivity index (χ2v) is 7.17. The average molecular weight is 391 g/mol. The van der Waals surface area contributed by atoms with Crippen molar-refractivity contribution in [3.05, 3.63) is 58.6 Å². The summed E-state index contributed by atoms with van der Waals surface area (Å²) in [5.41, 5.74) is 1.28. The van der Waals surface area contributed by atoms with E-state index in [1.807, 2.05) is 26.9 Å². The van der Waals surface area contributed by atoms with E-state index in [0.717, 1.165) is 4.96 Å². The van der Waals surface area contributed by atoms with E-state index < -0.39 is 0 Å². The topological polar surface area (TPSA) is 40.9 Å². The Kier molecular flexibility index (Phi) is 4.65. The highest BCUT2D eigenvalue weighted by Crippen LogP contribution is 2.23. The third kappa shape index (κ3) is 3.20. The van der Waals surface area contributed by atoms with Crippen LogP contribution in [0.15, 0.2) is 41.9 Å². The Hall–Kier alpha value is -2.38. The smallest absolute Gasteiger partial charge is 0.246 e. The number of rotatable bonds is 3. The zero-order valence-electron chi connectivity index (χ0n) is 13.8. The molecule has 1 aliphatic rings. The number of benzene rings is 1. The molecular formula is C18H16ClFN4OS. The molecule has 0 N–H and O–H groups in total. The first-order valence-electron chi connectivity index (χ1n) is 8.21. The zero-order valence-corrected chi connectivity index (χ0v) is 15.4. The number of hydrogen-bond donors (Lipinski definition) is 0. The summed E-state index contributed by atoms with van der Waals surface area (Å²) in [7, 11) is 0. The maximum atomic E-state index is 13.9. The Morgan fingerprint density at radius 1 is 1.23 bits per heavy atom. The number of thiazole rings is 1. The fourth-order valence-electron chi connectivity index (χ4n) is 3.06. The van der Waals surface area contributed by atoms with Crippen LogP contribution in [0.1, 0.15) is 5.69 Å². The van der Waals surface area contributed by atoms with Crippen molar-refractivity contribution in [3.8, 4) is 0 Å². The number of fused-ring (bicyclic) bond motifs is 1. The minimum atomic E-state index is -0.234. The average Bonchev–Trinajstić information content (AvgIpc) is 3.21. The van der Waals surface area contributed by atoms with Gasteiger partial charge in [0.25, 0.3) is 0 Å². The normalized spacial score (nSPS) is 15.3. The molecule has 0 spiro atoms. The van der Waals surface area contributed by atoms with Crippen LogP contribution in [-0.4, -0.2) is 46.4 Å². The molecule has 0 bridgehead atoms. The number of halogens is 2. The van der Waals surface area contributed by atoms with E-state index in [1.165, 1.54) is 23.5 Å². The molecule has 1 aliphatic heterocycles. The first-order valence-corrected chi connectivity index (χ1v) is 9.47. The number of aromatic nitrogens is 2. The molecule has 2 aromatic heterocycles. The monoisotopic (exact) mass is 390 g/mol. The van der Waals surface area contributed by atoms with E-state index in [0.29, 0.717) is 42.7 Å². The number of nitrogens with zero attached hydrogens (tertiary/aromatic N) is 4. The van der Waals surface area contributed by atoms with Gasteiger partial charge in [-0.3, -0.25) is 9.20 Å². The van der Waals surface area contributed by atoms with Crippen molar-refractivity contribution >= 4 is 45.6 Å². The lowest BCUT2D eigenvalue weighted by molar-refractivity contribution is -0.126. The summed E-state index contributed by atoms with van der Waals surface area (Å²) in [5.74, 6) is -0.318. The van der Waals surface area contributed by atoms with Crippen LogP contribution in [0.2, 0.25) is 5.15 Å². The van der Waals surface area contributed by atoms with Crippen LogP contribution in [0, 0.1) is 5.82 Å². The highest BCUT2D eigenvalue weighted by atomic mass is 35.5. The van der Waals surface area contributed by atoms with Gasteiger partial charge in [-0.2, -0.15) is 0 Å². The van der Waals surface area contributed by atoms with Crippen LogP contribution in [-0.2, 0) is 4.79 Å². The SMILES string of the molecule is O=C(/C=C/c1c(Cl)nc2sccn12)N1CCN(c2ccccc2F)CC1. The Bertz CT molecular complexity index is 975. The summed E-state index contributed by atoms with van der Waals surface area (Å²) < 4.78 is 15.7. The fourth-order valence-corrected chi connectivity index (χ4v) is 4.06. The molecule has 3 heterocycles. The molecule has 3 aromatic rings. The molecule has 1 aromatic carbocycles. The lowest BCUT2D eigenvalue weighted by Crippen LogP contribution is -2.48. The number of para-hydroxylation sites is 1. The predicted octanol–water partition coefficient (Wildman–Crippen LogP) is 3.55. The molecule has 0 aliphatic carbocycles. The minimum Gasteiger partial charge on any atom is -0.366 e. The number of amides is 1. The van der Waals surface area contributed by atoms with Crippen LogP contribution in [0.3, 0.4) is 0 Å². The van der Waals surface area contributed by atoms with Gasteiger partial charge >= 0.3 is 0 Å². The molecule has 0 radical (unpaired) electrons.